The Morgan fingerprint density at radius 3 is 2.24 bits per heavy atom. The topological polar surface area (TPSA) is 122 Å². The van der Waals surface area contributed by atoms with Crippen LogP contribution in [0.15, 0.2) is 65.5 Å². The Labute approximate surface area is 195 Å². The second kappa shape index (κ2) is 11.5. The van der Waals surface area contributed by atoms with Crippen molar-refractivity contribution >= 4 is 23.4 Å². The number of aromatic nitrogens is 2. The number of hydrogen-bond donors (Lipinski definition) is 3. The van der Waals surface area contributed by atoms with Crippen LogP contribution in [0.4, 0.5) is 10.1 Å². The van der Waals surface area contributed by atoms with Gasteiger partial charge >= 0.3 is 0 Å². The highest BCUT2D eigenvalue weighted by atomic mass is 19.1. The van der Waals surface area contributed by atoms with Gasteiger partial charge in [-0.25, -0.2) is 9.07 Å². The molecule has 10 heteroatoms. The minimum Gasteiger partial charge on any atom is -0.353 e. The molecule has 0 atom stereocenters. The van der Waals surface area contributed by atoms with Gasteiger partial charge in [-0.1, -0.05) is 6.92 Å². The van der Waals surface area contributed by atoms with Crippen LogP contribution >= 0.6 is 0 Å². The summed E-state index contributed by atoms with van der Waals surface area (Å²) in [5, 5.41) is 12.2. The van der Waals surface area contributed by atoms with Crippen LogP contribution < -0.4 is 21.5 Å². The summed E-state index contributed by atoms with van der Waals surface area (Å²) in [5.41, 5.74) is 1.60. The van der Waals surface area contributed by atoms with Crippen molar-refractivity contribution in [2.45, 2.75) is 19.9 Å². The van der Waals surface area contributed by atoms with E-state index in [-0.39, 0.29) is 37.3 Å². The molecule has 3 N–H and O–H groups in total. The fourth-order valence-electron chi connectivity index (χ4n) is 2.96. The van der Waals surface area contributed by atoms with Gasteiger partial charge in [-0.05, 0) is 54.6 Å². The first-order valence-electron chi connectivity index (χ1n) is 10.6. The Balaban J connectivity index is 1.47. The average Bonchev–Trinajstić information content (AvgIpc) is 2.84. The number of halogens is 1. The maximum absolute atomic E-state index is 13.1. The van der Waals surface area contributed by atoms with E-state index >= 15 is 0 Å². The molecule has 0 fully saturated rings. The molecule has 0 aliphatic rings. The van der Waals surface area contributed by atoms with Gasteiger partial charge in [0.05, 0.1) is 5.69 Å². The van der Waals surface area contributed by atoms with E-state index in [4.69, 9.17) is 0 Å². The van der Waals surface area contributed by atoms with Gasteiger partial charge < -0.3 is 16.0 Å². The molecule has 0 aliphatic heterocycles. The summed E-state index contributed by atoms with van der Waals surface area (Å²) in [6, 6.07) is 14.9. The largest absolute Gasteiger partial charge is 0.353 e. The summed E-state index contributed by atoms with van der Waals surface area (Å²) in [5.74, 6) is -1.28. The predicted molar refractivity (Wildman–Crippen MR) is 125 cm³/mol. The van der Waals surface area contributed by atoms with Crippen molar-refractivity contribution < 1.29 is 18.8 Å². The maximum atomic E-state index is 13.1. The number of rotatable bonds is 9. The van der Waals surface area contributed by atoms with Crippen molar-refractivity contribution in [2.24, 2.45) is 0 Å². The first kappa shape index (κ1) is 24.3. The third-order valence-electron chi connectivity index (χ3n) is 4.78. The monoisotopic (exact) mass is 465 g/mol. The second-order valence-corrected chi connectivity index (χ2v) is 7.31. The predicted octanol–water partition coefficient (Wildman–Crippen LogP) is 1.94. The van der Waals surface area contributed by atoms with Gasteiger partial charge in [-0.15, -0.1) is 0 Å². The van der Waals surface area contributed by atoms with Crippen molar-refractivity contribution in [3.63, 3.8) is 0 Å². The number of nitrogens with zero attached hydrogens (tertiary/aromatic N) is 2. The molecule has 2 aromatic carbocycles. The Hall–Kier alpha value is -4.34. The number of hydrogen-bond acceptors (Lipinski definition) is 5. The molecule has 1 heterocycles. The molecule has 1 aromatic heterocycles. The van der Waals surface area contributed by atoms with Gasteiger partial charge in [0.1, 0.15) is 12.4 Å². The highest BCUT2D eigenvalue weighted by Gasteiger charge is 2.09. The lowest BCUT2D eigenvalue weighted by atomic mass is 10.1. The fraction of sp³-hybridized carbons (Fsp3) is 0.208. The zero-order chi connectivity index (χ0) is 24.5. The van der Waals surface area contributed by atoms with Crippen LogP contribution in [0, 0.1) is 5.82 Å². The van der Waals surface area contributed by atoms with Crippen LogP contribution in [0.3, 0.4) is 0 Å². The summed E-state index contributed by atoms with van der Waals surface area (Å²) >= 11 is 0. The van der Waals surface area contributed by atoms with Gasteiger partial charge in [0.2, 0.25) is 11.8 Å². The molecule has 34 heavy (non-hydrogen) atoms. The van der Waals surface area contributed by atoms with Crippen LogP contribution in [-0.4, -0.2) is 40.6 Å². The molecule has 3 rings (SSSR count). The molecule has 9 nitrogen and oxygen atoms in total. The van der Waals surface area contributed by atoms with Crippen LogP contribution in [0.5, 0.6) is 0 Å². The van der Waals surface area contributed by atoms with Gasteiger partial charge in [-0.3, -0.25) is 19.2 Å². The number of carbonyl (C=O) groups excluding carboxylic acids is 3. The molecule has 0 saturated carbocycles. The van der Waals surface area contributed by atoms with E-state index < -0.39 is 11.5 Å². The molecule has 0 bridgehead atoms. The van der Waals surface area contributed by atoms with Crippen molar-refractivity contribution in [2.75, 3.05) is 18.4 Å². The lowest BCUT2D eigenvalue weighted by Crippen LogP contribution is -2.38. The average molecular weight is 465 g/mol. The Kier molecular flexibility index (Phi) is 8.22. The number of benzene rings is 2. The molecule has 0 saturated heterocycles. The van der Waals surface area contributed by atoms with E-state index in [9.17, 15) is 23.6 Å². The summed E-state index contributed by atoms with van der Waals surface area (Å²) in [6.07, 6.45) is 0.359. The molecule has 176 valence electrons. The number of nitrogens with one attached hydrogen (secondary N) is 3. The van der Waals surface area contributed by atoms with Gasteiger partial charge in [0.15, 0.2) is 0 Å². The Morgan fingerprint density at radius 2 is 1.56 bits per heavy atom. The first-order chi connectivity index (χ1) is 16.4. The van der Waals surface area contributed by atoms with Crippen molar-refractivity contribution in [1.29, 1.82) is 0 Å². The number of amides is 3. The summed E-state index contributed by atoms with van der Waals surface area (Å²) in [6.45, 7) is 1.78. The lowest BCUT2D eigenvalue weighted by Gasteiger charge is -2.10. The van der Waals surface area contributed by atoms with Crippen LogP contribution in [0.25, 0.3) is 11.3 Å². The van der Waals surface area contributed by atoms with Crippen LogP contribution in [-0.2, 0) is 16.1 Å². The zero-order valence-electron chi connectivity index (χ0n) is 18.5. The molecule has 0 spiro atoms. The molecular weight excluding hydrogens is 441 g/mol. The van der Waals surface area contributed by atoms with Crippen molar-refractivity contribution in [1.82, 2.24) is 20.4 Å². The van der Waals surface area contributed by atoms with Crippen molar-refractivity contribution in [3.8, 4) is 11.3 Å². The fourth-order valence-corrected chi connectivity index (χ4v) is 2.96. The first-order valence-corrected chi connectivity index (χ1v) is 10.6. The third-order valence-corrected chi connectivity index (χ3v) is 4.78. The molecule has 0 aliphatic carbocycles. The third kappa shape index (κ3) is 6.83. The van der Waals surface area contributed by atoms with E-state index in [1.807, 2.05) is 0 Å². The number of carbonyl (C=O) groups is 3. The maximum Gasteiger partial charge on any atom is 0.267 e. The van der Waals surface area contributed by atoms with Gasteiger partial charge in [-0.2, -0.15) is 5.10 Å². The lowest BCUT2D eigenvalue weighted by molar-refractivity contribution is -0.122. The van der Waals surface area contributed by atoms with E-state index in [1.165, 1.54) is 36.4 Å². The molecule has 0 radical (unpaired) electrons. The SMILES string of the molecule is CCC(=O)Nc1ccc(C(=O)NCCNC(=O)Cn2nc(-c3ccc(F)cc3)ccc2=O)cc1. The number of anilines is 1. The second-order valence-electron chi connectivity index (χ2n) is 7.31. The standard InChI is InChI=1S/C24H24FN5O4/c1-2-21(31)28-19-9-5-17(6-10-19)24(34)27-14-13-26-22(32)15-30-23(33)12-11-20(29-30)16-3-7-18(25)8-4-16/h3-12H,2,13-15H2,1H3,(H,26,32)(H,27,34)(H,28,31). The molecule has 3 aromatic rings. The summed E-state index contributed by atoms with van der Waals surface area (Å²) < 4.78 is 14.1. The summed E-state index contributed by atoms with van der Waals surface area (Å²) in [4.78, 5) is 47.9. The normalized spacial score (nSPS) is 10.4. The Bertz CT molecular complexity index is 1220. The minimum absolute atomic E-state index is 0.118. The minimum atomic E-state index is -0.451. The van der Waals surface area contributed by atoms with E-state index in [0.717, 1.165) is 4.68 Å². The van der Waals surface area contributed by atoms with E-state index in [1.54, 1.807) is 31.2 Å². The van der Waals surface area contributed by atoms with E-state index in [2.05, 4.69) is 21.0 Å². The quantitative estimate of drug-likeness (QED) is 0.417. The van der Waals surface area contributed by atoms with Crippen molar-refractivity contribution in [3.05, 3.63) is 82.4 Å². The van der Waals surface area contributed by atoms with Gasteiger partial charge in [0.25, 0.3) is 11.5 Å². The van der Waals surface area contributed by atoms with Gasteiger partial charge in [0, 0.05) is 42.4 Å². The van der Waals surface area contributed by atoms with Crippen LogP contribution in [0.1, 0.15) is 23.7 Å². The molecule has 0 unspecified atom stereocenters. The molecule has 3 amide bonds. The highest BCUT2D eigenvalue weighted by Crippen LogP contribution is 2.15. The highest BCUT2D eigenvalue weighted by molar-refractivity contribution is 5.95. The smallest absolute Gasteiger partial charge is 0.267 e. The summed E-state index contributed by atoms with van der Waals surface area (Å²) in [7, 11) is 0. The van der Waals surface area contributed by atoms with E-state index in [0.29, 0.717) is 28.9 Å². The zero-order valence-corrected chi connectivity index (χ0v) is 18.5. The molecular formula is C24H24FN5O4. The Morgan fingerprint density at radius 1 is 0.882 bits per heavy atom. The van der Waals surface area contributed by atoms with Crippen LogP contribution in [0.2, 0.25) is 0 Å².